The normalized spacial score (nSPS) is 12.3. The van der Waals surface area contributed by atoms with Crippen LogP contribution in [0, 0.1) is 6.92 Å². The van der Waals surface area contributed by atoms with E-state index in [4.69, 9.17) is 0 Å². The maximum atomic E-state index is 2.48. The van der Waals surface area contributed by atoms with Crippen molar-refractivity contribution in [3.63, 3.8) is 0 Å². The van der Waals surface area contributed by atoms with Crippen molar-refractivity contribution >= 4 is 19.1 Å². The SMILES string of the molecule is Cc1cn([Si](C)(C)C)c2ccccc12. The fraction of sp³-hybridized carbons (Fsp3) is 0.333. The molecule has 2 aromatic rings. The lowest BCUT2D eigenvalue weighted by Gasteiger charge is -2.19. The summed E-state index contributed by atoms with van der Waals surface area (Å²) < 4.78 is 2.48. The Morgan fingerprint density at radius 2 is 1.71 bits per heavy atom. The van der Waals surface area contributed by atoms with Crippen LogP contribution in [-0.4, -0.2) is 12.5 Å². The predicted octanol–water partition coefficient (Wildman–Crippen LogP) is 3.63. The lowest BCUT2D eigenvalue weighted by molar-refractivity contribution is 1.19. The minimum atomic E-state index is -1.26. The molecule has 74 valence electrons. The number of fused-ring (bicyclic) bond motifs is 1. The van der Waals surface area contributed by atoms with E-state index in [2.05, 4.69) is 61.3 Å². The monoisotopic (exact) mass is 203 g/mol. The Morgan fingerprint density at radius 3 is 2.36 bits per heavy atom. The van der Waals surface area contributed by atoms with E-state index in [-0.39, 0.29) is 0 Å². The molecule has 0 amide bonds. The third kappa shape index (κ3) is 1.40. The zero-order chi connectivity index (χ0) is 10.3. The largest absolute Gasteiger partial charge is 0.375 e. The number of hydrogen-bond acceptors (Lipinski definition) is 0. The molecule has 0 saturated carbocycles. The first-order chi connectivity index (χ1) is 6.50. The fourth-order valence-corrected chi connectivity index (χ4v) is 3.40. The molecule has 0 aliphatic carbocycles. The van der Waals surface area contributed by atoms with Crippen molar-refractivity contribution in [1.82, 2.24) is 4.23 Å². The third-order valence-electron chi connectivity index (χ3n) is 2.63. The quantitative estimate of drug-likeness (QED) is 0.624. The number of benzene rings is 1. The molecule has 14 heavy (non-hydrogen) atoms. The van der Waals surface area contributed by atoms with Crippen molar-refractivity contribution in [1.29, 1.82) is 0 Å². The van der Waals surface area contributed by atoms with Crippen molar-refractivity contribution in [2.75, 3.05) is 0 Å². The summed E-state index contributed by atoms with van der Waals surface area (Å²) >= 11 is 0. The van der Waals surface area contributed by atoms with Crippen LogP contribution in [0.3, 0.4) is 0 Å². The molecule has 2 heteroatoms. The summed E-state index contributed by atoms with van der Waals surface area (Å²) in [6.07, 6.45) is 2.30. The van der Waals surface area contributed by atoms with Crippen LogP contribution in [0.2, 0.25) is 19.6 Å². The number of aryl methyl sites for hydroxylation is 1. The summed E-state index contributed by atoms with van der Waals surface area (Å²) in [6.45, 7) is 9.32. The maximum absolute atomic E-state index is 2.48. The smallest absolute Gasteiger partial charge is 0.152 e. The zero-order valence-electron chi connectivity index (χ0n) is 9.33. The van der Waals surface area contributed by atoms with Crippen LogP contribution in [0.4, 0.5) is 0 Å². The average molecular weight is 203 g/mol. The van der Waals surface area contributed by atoms with E-state index < -0.39 is 8.24 Å². The summed E-state index contributed by atoms with van der Waals surface area (Å²) in [5.41, 5.74) is 2.78. The highest BCUT2D eigenvalue weighted by atomic mass is 28.3. The van der Waals surface area contributed by atoms with Gasteiger partial charge in [0.1, 0.15) is 0 Å². The van der Waals surface area contributed by atoms with Gasteiger partial charge in [-0.1, -0.05) is 37.8 Å². The summed E-state index contributed by atoms with van der Waals surface area (Å²) in [7, 11) is -1.26. The second kappa shape index (κ2) is 2.99. The molecule has 0 aliphatic heterocycles. The second-order valence-electron chi connectivity index (χ2n) is 4.87. The van der Waals surface area contributed by atoms with Crippen LogP contribution in [0.5, 0.6) is 0 Å². The van der Waals surface area contributed by atoms with Gasteiger partial charge in [0.05, 0.1) is 0 Å². The van der Waals surface area contributed by atoms with Crippen LogP contribution in [-0.2, 0) is 0 Å². The molecule has 0 N–H and O–H groups in total. The molecule has 0 fully saturated rings. The van der Waals surface area contributed by atoms with Gasteiger partial charge >= 0.3 is 0 Å². The van der Waals surface area contributed by atoms with Gasteiger partial charge in [0.2, 0.25) is 0 Å². The molecule has 1 aromatic heterocycles. The van der Waals surface area contributed by atoms with Crippen molar-refractivity contribution < 1.29 is 0 Å². The number of aromatic nitrogens is 1. The van der Waals surface area contributed by atoms with Crippen LogP contribution in [0.1, 0.15) is 5.56 Å². The van der Waals surface area contributed by atoms with Crippen molar-refractivity contribution in [3.8, 4) is 0 Å². The van der Waals surface area contributed by atoms with Gasteiger partial charge in [0.15, 0.2) is 8.24 Å². The Labute approximate surface area is 86.5 Å². The molecule has 0 aliphatic rings. The Balaban J connectivity index is 2.80. The molecule has 1 nitrogen and oxygen atoms in total. The van der Waals surface area contributed by atoms with Gasteiger partial charge in [-0.2, -0.15) is 0 Å². The Morgan fingerprint density at radius 1 is 1.07 bits per heavy atom. The van der Waals surface area contributed by atoms with Gasteiger partial charge in [-0.3, -0.25) is 0 Å². The van der Waals surface area contributed by atoms with Crippen LogP contribution in [0.25, 0.3) is 10.9 Å². The highest BCUT2D eigenvalue weighted by Gasteiger charge is 2.18. The molecule has 1 heterocycles. The van der Waals surface area contributed by atoms with Gasteiger partial charge in [-0.15, -0.1) is 0 Å². The Kier molecular flexibility index (Phi) is 2.03. The summed E-state index contributed by atoms with van der Waals surface area (Å²) in [4.78, 5) is 0. The number of rotatable bonds is 1. The van der Waals surface area contributed by atoms with Crippen molar-refractivity contribution in [2.24, 2.45) is 0 Å². The highest BCUT2D eigenvalue weighted by molar-refractivity contribution is 6.75. The second-order valence-corrected chi connectivity index (χ2v) is 9.69. The topological polar surface area (TPSA) is 4.93 Å². The summed E-state index contributed by atoms with van der Waals surface area (Å²) in [5, 5.41) is 1.40. The first kappa shape index (κ1) is 9.53. The zero-order valence-corrected chi connectivity index (χ0v) is 10.3. The van der Waals surface area contributed by atoms with E-state index in [1.165, 1.54) is 16.5 Å². The molecule has 2 rings (SSSR count). The highest BCUT2D eigenvalue weighted by Crippen LogP contribution is 2.23. The lowest BCUT2D eigenvalue weighted by Crippen LogP contribution is -2.30. The average Bonchev–Trinajstić information content (AvgIpc) is 2.44. The Hall–Kier alpha value is -1.02. The molecular formula is C12H17NSi. The van der Waals surface area contributed by atoms with E-state index in [1.807, 2.05) is 0 Å². The van der Waals surface area contributed by atoms with E-state index in [0.29, 0.717) is 0 Å². The van der Waals surface area contributed by atoms with E-state index in [1.54, 1.807) is 0 Å². The maximum Gasteiger partial charge on any atom is 0.152 e. The van der Waals surface area contributed by atoms with Crippen LogP contribution in [0.15, 0.2) is 30.5 Å². The molecule has 0 spiro atoms. The first-order valence-electron chi connectivity index (χ1n) is 5.07. The summed E-state index contributed by atoms with van der Waals surface area (Å²) in [6, 6.07) is 8.67. The van der Waals surface area contributed by atoms with Crippen molar-refractivity contribution in [3.05, 3.63) is 36.0 Å². The number of para-hydroxylation sites is 1. The number of nitrogens with zero attached hydrogens (tertiary/aromatic N) is 1. The van der Waals surface area contributed by atoms with Gasteiger partial charge in [0, 0.05) is 10.9 Å². The van der Waals surface area contributed by atoms with Gasteiger partial charge < -0.3 is 4.23 Å². The molecule has 0 unspecified atom stereocenters. The van der Waals surface area contributed by atoms with E-state index in [9.17, 15) is 0 Å². The van der Waals surface area contributed by atoms with Crippen LogP contribution >= 0.6 is 0 Å². The standard InChI is InChI=1S/C12H17NSi/c1-10-9-13(14(2,3)4)12-8-6-5-7-11(10)12/h5-9H,1-4H3. The van der Waals surface area contributed by atoms with E-state index in [0.717, 1.165) is 0 Å². The minimum absolute atomic E-state index is 1.26. The summed E-state index contributed by atoms with van der Waals surface area (Å²) in [5.74, 6) is 0. The van der Waals surface area contributed by atoms with Crippen molar-refractivity contribution in [2.45, 2.75) is 26.6 Å². The molecule has 1 aromatic carbocycles. The molecule has 0 bridgehead atoms. The van der Waals surface area contributed by atoms with E-state index >= 15 is 0 Å². The fourth-order valence-electron chi connectivity index (χ4n) is 1.90. The van der Waals surface area contributed by atoms with Crippen LogP contribution < -0.4 is 0 Å². The molecule has 0 radical (unpaired) electrons. The lowest BCUT2D eigenvalue weighted by atomic mass is 10.2. The predicted molar refractivity (Wildman–Crippen MR) is 65.4 cm³/mol. The number of hydrogen-bond donors (Lipinski definition) is 0. The molecule has 0 saturated heterocycles. The van der Waals surface area contributed by atoms with Gasteiger partial charge in [-0.05, 0) is 24.8 Å². The third-order valence-corrected chi connectivity index (χ3v) is 4.45. The molecular weight excluding hydrogens is 186 g/mol. The first-order valence-corrected chi connectivity index (χ1v) is 8.52. The Bertz CT molecular complexity index is 463. The van der Waals surface area contributed by atoms with Gasteiger partial charge in [0.25, 0.3) is 0 Å². The van der Waals surface area contributed by atoms with Gasteiger partial charge in [-0.25, -0.2) is 0 Å². The minimum Gasteiger partial charge on any atom is -0.375 e. The molecule has 0 atom stereocenters.